The Kier molecular flexibility index (Phi) is 5.13. The van der Waals surface area contributed by atoms with Gasteiger partial charge in [0.05, 0.1) is 12.6 Å². The van der Waals surface area contributed by atoms with Gasteiger partial charge in [0.15, 0.2) is 5.82 Å². The highest BCUT2D eigenvalue weighted by atomic mass is 16.7. The molecule has 144 valence electrons. The van der Waals surface area contributed by atoms with E-state index in [9.17, 15) is 4.79 Å². The normalized spacial score (nSPS) is 10.7. The van der Waals surface area contributed by atoms with Gasteiger partial charge in [-0.1, -0.05) is 12.1 Å². The number of amides is 1. The van der Waals surface area contributed by atoms with Crippen LogP contribution < -0.4 is 5.32 Å². The van der Waals surface area contributed by atoms with Crippen molar-refractivity contribution in [2.45, 2.75) is 0 Å². The molecule has 0 saturated carbocycles. The van der Waals surface area contributed by atoms with E-state index in [1.165, 1.54) is 12.2 Å². The first-order valence-electron chi connectivity index (χ1n) is 9.02. The van der Waals surface area contributed by atoms with E-state index in [1.807, 2.05) is 48.5 Å². The van der Waals surface area contributed by atoms with Crippen molar-refractivity contribution in [3.05, 3.63) is 78.6 Å². The quantitative estimate of drug-likeness (QED) is 0.522. The van der Waals surface area contributed by atoms with Gasteiger partial charge in [-0.2, -0.15) is 0 Å². The lowest BCUT2D eigenvalue weighted by Gasteiger charge is -2.14. The van der Waals surface area contributed by atoms with Crippen LogP contribution in [0.15, 0.2) is 73.1 Å². The summed E-state index contributed by atoms with van der Waals surface area (Å²) < 4.78 is 0. The van der Waals surface area contributed by atoms with Gasteiger partial charge in [-0.3, -0.25) is 14.6 Å². The minimum Gasteiger partial charge on any atom is -0.340 e. The lowest BCUT2D eigenvalue weighted by molar-refractivity contribution is -0.0756. The van der Waals surface area contributed by atoms with Crippen LogP contribution in [0.5, 0.6) is 0 Å². The van der Waals surface area contributed by atoms with Crippen LogP contribution in [0.4, 0.5) is 11.5 Å². The molecule has 0 saturated heterocycles. The van der Waals surface area contributed by atoms with E-state index in [4.69, 9.17) is 9.82 Å². The number of carbonyl (C=O) groups is 1. The molecule has 0 aliphatic rings. The minimum absolute atomic E-state index is 0.217. The highest BCUT2D eigenvalue weighted by Gasteiger charge is 2.12. The number of benzene rings is 2. The second kappa shape index (κ2) is 8.04. The maximum absolute atomic E-state index is 12.2. The molecule has 4 rings (SSSR count). The second-order valence-electron chi connectivity index (χ2n) is 6.34. The first-order chi connectivity index (χ1) is 14.2. The molecule has 0 aliphatic carbocycles. The molecule has 4 aromatic rings. The number of nitrogens with one attached hydrogen (secondary N) is 1. The number of aromatic nitrogens is 3. The van der Waals surface area contributed by atoms with Crippen LogP contribution in [0.3, 0.4) is 0 Å². The van der Waals surface area contributed by atoms with Crippen LogP contribution in [-0.4, -0.2) is 40.1 Å². The lowest BCUT2D eigenvalue weighted by Crippen LogP contribution is -2.25. The Morgan fingerprint density at radius 2 is 1.79 bits per heavy atom. The van der Waals surface area contributed by atoms with Crippen LogP contribution in [0, 0.1) is 0 Å². The number of hydrogen-bond donors (Lipinski definition) is 1. The average molecular weight is 385 g/mol. The zero-order valence-corrected chi connectivity index (χ0v) is 16.0. The molecule has 7 nitrogen and oxygen atoms in total. The molecule has 1 amide bonds. The van der Waals surface area contributed by atoms with Crippen LogP contribution in [-0.2, 0) is 4.84 Å². The number of fused-ring (bicyclic) bond motifs is 1. The van der Waals surface area contributed by atoms with E-state index in [0.717, 1.165) is 22.2 Å². The Labute approximate surface area is 168 Å². The van der Waals surface area contributed by atoms with Crippen LogP contribution in [0.25, 0.3) is 22.3 Å². The molecule has 7 heteroatoms. The Balaban J connectivity index is 1.69. The molecule has 29 heavy (non-hydrogen) atoms. The Morgan fingerprint density at radius 3 is 2.52 bits per heavy atom. The number of rotatable bonds is 5. The highest BCUT2D eigenvalue weighted by molar-refractivity contribution is 5.94. The van der Waals surface area contributed by atoms with Crippen LogP contribution >= 0.6 is 0 Å². The summed E-state index contributed by atoms with van der Waals surface area (Å²) in [6, 6.07) is 18.7. The average Bonchev–Trinajstić information content (AvgIpc) is 2.79. The smallest absolute Gasteiger partial charge is 0.277 e. The molecule has 0 unspecified atom stereocenters. The fourth-order valence-corrected chi connectivity index (χ4v) is 2.89. The highest BCUT2D eigenvalue weighted by Crippen LogP contribution is 2.27. The van der Waals surface area contributed by atoms with Crippen molar-refractivity contribution in [1.29, 1.82) is 0 Å². The van der Waals surface area contributed by atoms with Gasteiger partial charge in [-0.25, -0.2) is 15.0 Å². The van der Waals surface area contributed by atoms with Gasteiger partial charge in [-0.15, -0.1) is 0 Å². The second-order valence-corrected chi connectivity index (χ2v) is 6.34. The maximum Gasteiger partial charge on any atom is 0.277 e. The van der Waals surface area contributed by atoms with E-state index in [2.05, 4.69) is 15.3 Å². The maximum atomic E-state index is 12.2. The van der Waals surface area contributed by atoms with Gasteiger partial charge in [0.2, 0.25) is 0 Å². The number of para-hydroxylation sites is 1. The molecule has 2 heterocycles. The van der Waals surface area contributed by atoms with Gasteiger partial charge in [0, 0.05) is 41.6 Å². The van der Waals surface area contributed by atoms with Gasteiger partial charge >= 0.3 is 0 Å². The molecule has 1 N–H and O–H groups in total. The van der Waals surface area contributed by atoms with E-state index in [0.29, 0.717) is 17.2 Å². The molecule has 2 aromatic heterocycles. The van der Waals surface area contributed by atoms with E-state index in [1.54, 1.807) is 31.6 Å². The molecule has 2 aromatic carbocycles. The summed E-state index contributed by atoms with van der Waals surface area (Å²) in [5.74, 6) is 1.06. The Morgan fingerprint density at radius 1 is 1.00 bits per heavy atom. The van der Waals surface area contributed by atoms with Crippen molar-refractivity contribution >= 4 is 28.3 Å². The summed E-state index contributed by atoms with van der Waals surface area (Å²) in [5, 5.41) is 5.42. The summed E-state index contributed by atoms with van der Waals surface area (Å²) in [5.41, 5.74) is 3.01. The number of carbonyl (C=O) groups excluding carboxylic acids is 1. The summed E-state index contributed by atoms with van der Waals surface area (Å²) in [6.45, 7) is 0. The zero-order chi connectivity index (χ0) is 20.2. The van der Waals surface area contributed by atoms with Crippen LogP contribution in [0.2, 0.25) is 0 Å². The van der Waals surface area contributed by atoms with E-state index >= 15 is 0 Å². The van der Waals surface area contributed by atoms with Crippen molar-refractivity contribution in [2.24, 2.45) is 0 Å². The van der Waals surface area contributed by atoms with E-state index in [-0.39, 0.29) is 5.91 Å². The molecular weight excluding hydrogens is 366 g/mol. The fraction of sp³-hybridized carbons (Fsp3) is 0.0909. The number of hydrogen-bond acceptors (Lipinski definition) is 6. The molecular formula is C22H19N5O2. The van der Waals surface area contributed by atoms with Gasteiger partial charge in [-0.05, 0) is 48.5 Å². The number of nitrogens with zero attached hydrogens (tertiary/aromatic N) is 4. The zero-order valence-electron chi connectivity index (χ0n) is 16.0. The number of hydroxylamine groups is 2. The van der Waals surface area contributed by atoms with Crippen LogP contribution in [0.1, 0.15) is 10.4 Å². The third kappa shape index (κ3) is 3.90. The molecule has 0 atom stereocenters. The molecule has 0 bridgehead atoms. The fourth-order valence-electron chi connectivity index (χ4n) is 2.89. The van der Waals surface area contributed by atoms with Crippen molar-refractivity contribution < 1.29 is 9.63 Å². The summed E-state index contributed by atoms with van der Waals surface area (Å²) in [6.07, 6.45) is 3.45. The third-order valence-corrected chi connectivity index (χ3v) is 4.48. The van der Waals surface area contributed by atoms with Gasteiger partial charge in [0.1, 0.15) is 5.82 Å². The lowest BCUT2D eigenvalue weighted by atomic mass is 10.1. The number of anilines is 2. The summed E-state index contributed by atoms with van der Waals surface area (Å²) in [4.78, 5) is 30.6. The third-order valence-electron chi connectivity index (χ3n) is 4.48. The van der Waals surface area contributed by atoms with Crippen molar-refractivity contribution in [2.75, 3.05) is 19.5 Å². The molecule has 0 spiro atoms. The summed E-state index contributed by atoms with van der Waals surface area (Å²) >= 11 is 0. The topological polar surface area (TPSA) is 80.2 Å². The SMILES string of the molecule is CON(C)C(=O)c1ccc(Nc2nc(-c3cccnc3)nc3ccccc23)cc1. The molecule has 0 fully saturated rings. The van der Waals surface area contributed by atoms with Crippen molar-refractivity contribution in [3.8, 4) is 11.4 Å². The Hall–Kier alpha value is -3.84. The largest absolute Gasteiger partial charge is 0.340 e. The van der Waals surface area contributed by atoms with Crippen molar-refractivity contribution in [3.63, 3.8) is 0 Å². The monoisotopic (exact) mass is 385 g/mol. The van der Waals surface area contributed by atoms with Gasteiger partial charge in [0.25, 0.3) is 5.91 Å². The summed E-state index contributed by atoms with van der Waals surface area (Å²) in [7, 11) is 3.02. The predicted molar refractivity (Wildman–Crippen MR) is 112 cm³/mol. The molecule has 0 aliphatic heterocycles. The minimum atomic E-state index is -0.217. The predicted octanol–water partition coefficient (Wildman–Crippen LogP) is 4.07. The van der Waals surface area contributed by atoms with E-state index < -0.39 is 0 Å². The standard InChI is InChI=1S/C22H19N5O2/c1-27(29-2)22(28)15-9-11-17(12-10-15)24-21-18-7-3-4-8-19(18)25-20(26-21)16-6-5-13-23-14-16/h3-14H,1-2H3,(H,24,25,26). The number of pyridine rings is 1. The first-order valence-corrected chi connectivity index (χ1v) is 9.02. The first kappa shape index (κ1) is 18.5. The van der Waals surface area contributed by atoms with Gasteiger partial charge < -0.3 is 5.32 Å². The molecule has 0 radical (unpaired) electrons. The van der Waals surface area contributed by atoms with Crippen molar-refractivity contribution in [1.82, 2.24) is 20.0 Å². The Bertz CT molecular complexity index is 1150.